The lowest BCUT2D eigenvalue weighted by atomic mass is 10.0. The molecule has 0 aliphatic heterocycles. The fourth-order valence-electron chi connectivity index (χ4n) is 1.16. The van der Waals surface area contributed by atoms with Gasteiger partial charge in [-0.25, -0.2) is 0 Å². The molecule has 70 valence electrons. The highest BCUT2D eigenvalue weighted by atomic mass is 16.5. The molecular formula is C8H12N4O. The summed E-state index contributed by atoms with van der Waals surface area (Å²) in [6, 6.07) is 0. The lowest BCUT2D eigenvalue weighted by molar-refractivity contribution is 0.387. The van der Waals surface area contributed by atoms with Crippen LogP contribution in [0.5, 0.6) is 0 Å². The fourth-order valence-corrected chi connectivity index (χ4v) is 1.16. The second kappa shape index (κ2) is 3.96. The first-order valence-electron chi connectivity index (χ1n) is 4.12. The lowest BCUT2D eigenvalue weighted by Crippen LogP contribution is -1.93. The van der Waals surface area contributed by atoms with E-state index in [4.69, 9.17) is 10.1 Å². The van der Waals surface area contributed by atoms with Gasteiger partial charge in [-0.15, -0.1) is 0 Å². The Bertz CT molecular complexity index is 336. The van der Waals surface area contributed by atoms with Gasteiger partial charge in [-0.3, -0.25) is 0 Å². The predicted octanol–water partition coefficient (Wildman–Crippen LogP) is 2.92. The molecule has 0 amide bonds. The summed E-state index contributed by atoms with van der Waals surface area (Å²) in [6.45, 7) is 6.19. The average molecular weight is 180 g/mol. The highest BCUT2D eigenvalue weighted by Crippen LogP contribution is 2.21. The third kappa shape index (κ3) is 2.00. The van der Waals surface area contributed by atoms with Crippen molar-refractivity contribution in [2.45, 2.75) is 33.2 Å². The molecule has 5 nitrogen and oxygen atoms in total. The van der Waals surface area contributed by atoms with Crippen molar-refractivity contribution in [1.29, 1.82) is 0 Å². The maximum atomic E-state index is 8.19. The molecule has 0 saturated carbocycles. The largest absolute Gasteiger partial charge is 0.361 e. The zero-order valence-corrected chi connectivity index (χ0v) is 7.98. The molecule has 0 aliphatic rings. The second-order valence-electron chi connectivity index (χ2n) is 3.15. The summed E-state index contributed by atoms with van der Waals surface area (Å²) in [6.07, 6.45) is 0. The van der Waals surface area contributed by atoms with Crippen LogP contribution in [0.2, 0.25) is 0 Å². The van der Waals surface area contributed by atoms with Crippen molar-refractivity contribution < 1.29 is 4.52 Å². The molecule has 5 heteroatoms. The van der Waals surface area contributed by atoms with E-state index in [2.05, 4.69) is 15.2 Å². The van der Waals surface area contributed by atoms with Gasteiger partial charge >= 0.3 is 0 Å². The van der Waals surface area contributed by atoms with E-state index in [1.54, 1.807) is 0 Å². The smallest absolute Gasteiger partial charge is 0.137 e. The average Bonchev–Trinajstić information content (AvgIpc) is 2.43. The summed E-state index contributed by atoms with van der Waals surface area (Å²) in [4.78, 5) is 2.71. The van der Waals surface area contributed by atoms with Gasteiger partial charge in [-0.05, 0) is 18.4 Å². The summed E-state index contributed by atoms with van der Waals surface area (Å²) in [5, 5.41) is 7.41. The molecule has 1 aromatic heterocycles. The molecule has 1 rings (SSSR count). The Morgan fingerprint density at radius 1 is 1.62 bits per heavy atom. The van der Waals surface area contributed by atoms with Gasteiger partial charge in [-0.1, -0.05) is 24.1 Å². The first-order chi connectivity index (χ1) is 6.16. The Balaban J connectivity index is 3.00. The van der Waals surface area contributed by atoms with Crippen LogP contribution in [0, 0.1) is 6.92 Å². The molecule has 0 spiro atoms. The number of aryl methyl sites for hydroxylation is 1. The van der Waals surface area contributed by atoms with Crippen molar-refractivity contribution in [2.75, 3.05) is 0 Å². The number of hydrogen-bond acceptors (Lipinski definition) is 3. The van der Waals surface area contributed by atoms with Crippen molar-refractivity contribution in [2.24, 2.45) is 5.11 Å². The summed E-state index contributed by atoms with van der Waals surface area (Å²) in [7, 11) is 0. The summed E-state index contributed by atoms with van der Waals surface area (Å²) in [5.41, 5.74) is 9.98. The van der Waals surface area contributed by atoms with Crippen LogP contribution in [-0.2, 0) is 6.54 Å². The number of nitrogens with zero attached hydrogens (tertiary/aromatic N) is 4. The Kier molecular flexibility index (Phi) is 2.93. The molecule has 1 heterocycles. The van der Waals surface area contributed by atoms with E-state index in [1.165, 1.54) is 0 Å². The Hall–Kier alpha value is -1.48. The summed E-state index contributed by atoms with van der Waals surface area (Å²) in [5.74, 6) is 1.03. The zero-order chi connectivity index (χ0) is 9.84. The SMILES string of the molecule is Cc1onc(C(C)C)c1CN=[N+]=[N-]. The van der Waals surface area contributed by atoms with Gasteiger partial charge < -0.3 is 4.52 Å². The Morgan fingerprint density at radius 2 is 2.31 bits per heavy atom. The van der Waals surface area contributed by atoms with Gasteiger partial charge in [0.1, 0.15) is 5.76 Å². The van der Waals surface area contributed by atoms with Crippen molar-refractivity contribution in [3.63, 3.8) is 0 Å². The van der Waals surface area contributed by atoms with Crippen LogP contribution in [0.15, 0.2) is 9.64 Å². The van der Waals surface area contributed by atoms with Crippen molar-refractivity contribution in [3.05, 3.63) is 27.5 Å². The molecule has 0 radical (unpaired) electrons. The standard InChI is InChI=1S/C8H12N4O/c1-5(2)8-7(4-10-12-9)6(3)13-11-8/h5H,4H2,1-3H3. The van der Waals surface area contributed by atoms with Gasteiger partial charge in [0.05, 0.1) is 12.2 Å². The van der Waals surface area contributed by atoms with Gasteiger partial charge in [0, 0.05) is 10.5 Å². The third-order valence-corrected chi connectivity index (χ3v) is 1.85. The van der Waals surface area contributed by atoms with Crippen LogP contribution in [0.4, 0.5) is 0 Å². The first kappa shape index (κ1) is 9.61. The minimum atomic E-state index is 0.293. The van der Waals surface area contributed by atoms with E-state index in [9.17, 15) is 0 Å². The minimum absolute atomic E-state index is 0.293. The van der Waals surface area contributed by atoms with Gasteiger partial charge in [0.15, 0.2) is 0 Å². The molecule has 1 aromatic rings. The zero-order valence-electron chi connectivity index (χ0n) is 7.98. The molecule has 0 unspecified atom stereocenters. The van der Waals surface area contributed by atoms with Crippen LogP contribution >= 0.6 is 0 Å². The molecule has 0 bridgehead atoms. The molecule has 0 aliphatic carbocycles. The Morgan fingerprint density at radius 3 is 2.85 bits per heavy atom. The summed E-state index contributed by atoms with van der Waals surface area (Å²) < 4.78 is 5.02. The highest BCUT2D eigenvalue weighted by Gasteiger charge is 2.14. The van der Waals surface area contributed by atoms with E-state index in [0.717, 1.165) is 17.0 Å². The van der Waals surface area contributed by atoms with Crippen LogP contribution in [0.25, 0.3) is 10.4 Å². The number of azide groups is 1. The van der Waals surface area contributed by atoms with Gasteiger partial charge in [0.25, 0.3) is 0 Å². The lowest BCUT2D eigenvalue weighted by Gasteiger charge is -2.00. The van der Waals surface area contributed by atoms with Crippen LogP contribution in [0.1, 0.15) is 36.8 Å². The van der Waals surface area contributed by atoms with Gasteiger partial charge in [-0.2, -0.15) is 0 Å². The summed E-state index contributed by atoms with van der Waals surface area (Å²) >= 11 is 0. The molecule has 0 aromatic carbocycles. The van der Waals surface area contributed by atoms with Crippen molar-refractivity contribution >= 4 is 0 Å². The second-order valence-corrected chi connectivity index (χ2v) is 3.15. The van der Waals surface area contributed by atoms with E-state index >= 15 is 0 Å². The van der Waals surface area contributed by atoms with Crippen LogP contribution in [0.3, 0.4) is 0 Å². The monoisotopic (exact) mass is 180 g/mol. The fraction of sp³-hybridized carbons (Fsp3) is 0.625. The normalized spacial score (nSPS) is 10.2. The van der Waals surface area contributed by atoms with Crippen molar-refractivity contribution in [3.8, 4) is 0 Å². The number of hydrogen-bond donors (Lipinski definition) is 0. The van der Waals surface area contributed by atoms with Crippen LogP contribution < -0.4 is 0 Å². The first-order valence-corrected chi connectivity index (χ1v) is 4.12. The molecule has 13 heavy (non-hydrogen) atoms. The highest BCUT2D eigenvalue weighted by molar-refractivity contribution is 5.24. The van der Waals surface area contributed by atoms with Gasteiger partial charge in [0.2, 0.25) is 0 Å². The molecule has 0 atom stereocenters. The molecule has 0 fully saturated rings. The van der Waals surface area contributed by atoms with Crippen molar-refractivity contribution in [1.82, 2.24) is 5.16 Å². The van der Waals surface area contributed by atoms with E-state index in [1.807, 2.05) is 20.8 Å². The number of rotatable bonds is 3. The molecular weight excluding hydrogens is 168 g/mol. The van der Waals surface area contributed by atoms with E-state index in [0.29, 0.717) is 12.5 Å². The quantitative estimate of drug-likeness (QED) is 0.407. The minimum Gasteiger partial charge on any atom is -0.361 e. The third-order valence-electron chi connectivity index (χ3n) is 1.85. The number of aromatic nitrogens is 1. The molecule has 0 N–H and O–H groups in total. The predicted molar refractivity (Wildman–Crippen MR) is 48.2 cm³/mol. The van der Waals surface area contributed by atoms with Crippen LogP contribution in [-0.4, -0.2) is 5.16 Å². The maximum absolute atomic E-state index is 8.19. The Labute approximate surface area is 76.4 Å². The van der Waals surface area contributed by atoms with E-state index in [-0.39, 0.29) is 0 Å². The topological polar surface area (TPSA) is 74.8 Å². The maximum Gasteiger partial charge on any atom is 0.137 e. The molecule has 0 saturated heterocycles. The van der Waals surface area contributed by atoms with E-state index < -0.39 is 0 Å².